The Hall–Kier alpha value is -1.51. The van der Waals surface area contributed by atoms with Crippen LogP contribution in [0.5, 0.6) is 0 Å². The zero-order chi connectivity index (χ0) is 14.8. The summed E-state index contributed by atoms with van der Waals surface area (Å²) in [4.78, 5) is 12.7. The summed E-state index contributed by atoms with van der Waals surface area (Å²) in [6.45, 7) is 2.22. The first-order valence-corrected chi connectivity index (χ1v) is 7.65. The second-order valence-corrected chi connectivity index (χ2v) is 5.52. The summed E-state index contributed by atoms with van der Waals surface area (Å²) in [5, 5.41) is 3.56. The fraction of sp³-hybridized carbons (Fsp3) is 0.588. The number of carbonyl (C=O) groups excluding carboxylic acids is 1. The number of aldehydes is 1. The molecule has 0 aromatic heterocycles. The van der Waals surface area contributed by atoms with Crippen LogP contribution in [0.3, 0.4) is 0 Å². The van der Waals surface area contributed by atoms with E-state index in [1.807, 2.05) is 14.1 Å². The maximum Gasteiger partial charge on any atom is 0.120 e. The second kappa shape index (κ2) is 9.40. The van der Waals surface area contributed by atoms with E-state index in [4.69, 9.17) is 0 Å². The number of nitrogens with zero attached hydrogens (tertiary/aromatic N) is 1. The Kier molecular flexibility index (Phi) is 7.78. The SMILES string of the molecule is CCCCCC(CCC=O)Nc1ccc(N(C)C)cc1. The van der Waals surface area contributed by atoms with Gasteiger partial charge in [0.2, 0.25) is 0 Å². The van der Waals surface area contributed by atoms with Crippen LogP contribution in [0.15, 0.2) is 24.3 Å². The molecular weight excluding hydrogens is 248 g/mol. The molecule has 1 unspecified atom stereocenters. The monoisotopic (exact) mass is 276 g/mol. The van der Waals surface area contributed by atoms with Gasteiger partial charge in [-0.15, -0.1) is 0 Å². The standard InChI is InChI=1S/C17H28N2O/c1-4-5-6-8-15(9-7-14-20)18-16-10-12-17(13-11-16)19(2)3/h10-15,18H,4-9H2,1-3H3. The Labute approximate surface area is 123 Å². The summed E-state index contributed by atoms with van der Waals surface area (Å²) >= 11 is 0. The largest absolute Gasteiger partial charge is 0.382 e. The van der Waals surface area contributed by atoms with Crippen LogP contribution in [0.1, 0.15) is 45.4 Å². The Morgan fingerprint density at radius 3 is 2.40 bits per heavy atom. The van der Waals surface area contributed by atoms with Crippen molar-refractivity contribution in [2.45, 2.75) is 51.5 Å². The first-order valence-electron chi connectivity index (χ1n) is 7.65. The fourth-order valence-corrected chi connectivity index (χ4v) is 2.29. The minimum atomic E-state index is 0.400. The molecule has 1 N–H and O–H groups in total. The minimum Gasteiger partial charge on any atom is -0.382 e. The van der Waals surface area contributed by atoms with Gasteiger partial charge in [-0.2, -0.15) is 0 Å². The van der Waals surface area contributed by atoms with Crippen molar-refractivity contribution in [1.29, 1.82) is 0 Å². The lowest BCUT2D eigenvalue weighted by Gasteiger charge is -2.20. The average molecular weight is 276 g/mol. The molecule has 112 valence electrons. The van der Waals surface area contributed by atoms with Crippen LogP contribution >= 0.6 is 0 Å². The van der Waals surface area contributed by atoms with Gasteiger partial charge in [-0.25, -0.2) is 0 Å². The van der Waals surface area contributed by atoms with E-state index in [0.29, 0.717) is 12.5 Å². The van der Waals surface area contributed by atoms with Crippen molar-refractivity contribution in [2.24, 2.45) is 0 Å². The molecule has 1 aromatic rings. The summed E-state index contributed by atoms with van der Waals surface area (Å²) < 4.78 is 0. The summed E-state index contributed by atoms with van der Waals surface area (Å²) in [7, 11) is 4.08. The molecule has 0 bridgehead atoms. The number of rotatable bonds is 10. The summed E-state index contributed by atoms with van der Waals surface area (Å²) in [5.74, 6) is 0. The fourth-order valence-electron chi connectivity index (χ4n) is 2.29. The highest BCUT2D eigenvalue weighted by Crippen LogP contribution is 2.19. The molecule has 0 aliphatic heterocycles. The molecule has 0 aliphatic carbocycles. The van der Waals surface area contributed by atoms with E-state index in [0.717, 1.165) is 24.8 Å². The molecule has 3 heteroatoms. The highest BCUT2D eigenvalue weighted by atomic mass is 16.1. The van der Waals surface area contributed by atoms with E-state index in [1.165, 1.54) is 24.9 Å². The Morgan fingerprint density at radius 2 is 1.85 bits per heavy atom. The van der Waals surface area contributed by atoms with E-state index in [-0.39, 0.29) is 0 Å². The van der Waals surface area contributed by atoms with Gasteiger partial charge in [0.25, 0.3) is 0 Å². The van der Waals surface area contributed by atoms with Crippen molar-refractivity contribution in [3.63, 3.8) is 0 Å². The molecule has 0 spiro atoms. The van der Waals surface area contributed by atoms with Gasteiger partial charge in [0, 0.05) is 37.9 Å². The van der Waals surface area contributed by atoms with Crippen LogP contribution in [0.2, 0.25) is 0 Å². The summed E-state index contributed by atoms with van der Waals surface area (Å²) in [6.07, 6.45) is 7.43. The molecule has 0 radical (unpaired) electrons. The molecule has 0 saturated carbocycles. The molecule has 0 saturated heterocycles. The zero-order valence-corrected chi connectivity index (χ0v) is 13.1. The number of nitrogens with one attached hydrogen (secondary N) is 1. The number of hydrogen-bond donors (Lipinski definition) is 1. The molecule has 1 atom stereocenters. The van der Waals surface area contributed by atoms with Crippen molar-refractivity contribution >= 4 is 17.7 Å². The number of benzene rings is 1. The molecule has 20 heavy (non-hydrogen) atoms. The Bertz CT molecular complexity index is 373. The third-order valence-electron chi connectivity index (χ3n) is 3.54. The van der Waals surface area contributed by atoms with Gasteiger partial charge in [0.05, 0.1) is 0 Å². The molecule has 1 aromatic carbocycles. The van der Waals surface area contributed by atoms with Crippen molar-refractivity contribution < 1.29 is 4.79 Å². The van der Waals surface area contributed by atoms with Gasteiger partial charge >= 0.3 is 0 Å². The van der Waals surface area contributed by atoms with Crippen LogP contribution in [0.4, 0.5) is 11.4 Å². The van der Waals surface area contributed by atoms with Crippen molar-refractivity contribution in [3.05, 3.63) is 24.3 Å². The number of hydrogen-bond acceptors (Lipinski definition) is 3. The number of carbonyl (C=O) groups is 1. The van der Waals surface area contributed by atoms with Crippen LogP contribution < -0.4 is 10.2 Å². The van der Waals surface area contributed by atoms with Gasteiger partial charge in [-0.3, -0.25) is 0 Å². The van der Waals surface area contributed by atoms with Crippen molar-refractivity contribution in [1.82, 2.24) is 0 Å². The van der Waals surface area contributed by atoms with E-state index in [9.17, 15) is 4.79 Å². The van der Waals surface area contributed by atoms with Crippen LogP contribution in [-0.2, 0) is 4.79 Å². The minimum absolute atomic E-state index is 0.400. The molecule has 3 nitrogen and oxygen atoms in total. The van der Waals surface area contributed by atoms with E-state index in [1.54, 1.807) is 0 Å². The lowest BCUT2D eigenvalue weighted by atomic mass is 10.0. The van der Waals surface area contributed by atoms with Gasteiger partial charge in [0.15, 0.2) is 0 Å². The van der Waals surface area contributed by atoms with E-state index >= 15 is 0 Å². The summed E-state index contributed by atoms with van der Waals surface area (Å²) in [6, 6.07) is 8.86. The molecular formula is C17H28N2O. The molecule has 0 aliphatic rings. The molecule has 0 heterocycles. The molecule has 1 rings (SSSR count). The maximum atomic E-state index is 10.6. The zero-order valence-electron chi connectivity index (χ0n) is 13.1. The predicted molar refractivity (Wildman–Crippen MR) is 87.6 cm³/mol. The third-order valence-corrected chi connectivity index (χ3v) is 3.54. The first kappa shape index (κ1) is 16.5. The highest BCUT2D eigenvalue weighted by molar-refractivity contribution is 5.55. The quantitative estimate of drug-likeness (QED) is 0.516. The van der Waals surface area contributed by atoms with Crippen molar-refractivity contribution in [3.8, 4) is 0 Å². The molecule has 0 fully saturated rings. The van der Waals surface area contributed by atoms with Gasteiger partial charge in [-0.05, 0) is 37.1 Å². The maximum absolute atomic E-state index is 10.6. The van der Waals surface area contributed by atoms with Crippen LogP contribution in [0.25, 0.3) is 0 Å². The lowest BCUT2D eigenvalue weighted by Crippen LogP contribution is -2.19. The predicted octanol–water partition coefficient (Wildman–Crippen LogP) is 4.09. The number of anilines is 2. The third kappa shape index (κ3) is 6.09. The van der Waals surface area contributed by atoms with Gasteiger partial charge < -0.3 is 15.0 Å². The number of unbranched alkanes of at least 4 members (excludes halogenated alkanes) is 2. The Balaban J connectivity index is 2.55. The second-order valence-electron chi connectivity index (χ2n) is 5.52. The average Bonchev–Trinajstić information content (AvgIpc) is 2.45. The van der Waals surface area contributed by atoms with Crippen LogP contribution in [0, 0.1) is 0 Å². The van der Waals surface area contributed by atoms with Crippen molar-refractivity contribution in [2.75, 3.05) is 24.3 Å². The van der Waals surface area contributed by atoms with Crippen LogP contribution in [-0.4, -0.2) is 26.4 Å². The lowest BCUT2D eigenvalue weighted by molar-refractivity contribution is -0.108. The topological polar surface area (TPSA) is 32.3 Å². The normalized spacial score (nSPS) is 11.9. The van der Waals surface area contributed by atoms with E-state index in [2.05, 4.69) is 41.4 Å². The van der Waals surface area contributed by atoms with Gasteiger partial charge in [-0.1, -0.05) is 26.2 Å². The van der Waals surface area contributed by atoms with Gasteiger partial charge in [0.1, 0.15) is 6.29 Å². The highest BCUT2D eigenvalue weighted by Gasteiger charge is 2.08. The molecule has 0 amide bonds. The summed E-state index contributed by atoms with van der Waals surface area (Å²) in [5.41, 5.74) is 2.34. The first-order chi connectivity index (χ1) is 9.67. The van der Waals surface area contributed by atoms with E-state index < -0.39 is 0 Å². The smallest absolute Gasteiger partial charge is 0.120 e. The Morgan fingerprint density at radius 1 is 1.15 bits per heavy atom.